The lowest BCUT2D eigenvalue weighted by Gasteiger charge is -2.11. The maximum Gasteiger partial charge on any atom is 0.255 e. The number of nitrogens with zero attached hydrogens (tertiary/aromatic N) is 1. The topological polar surface area (TPSA) is 69.6 Å². The predicted molar refractivity (Wildman–Crippen MR) is 76.5 cm³/mol. The molecule has 0 aliphatic heterocycles. The SMILES string of the molecule is CN(C)C(=O)CCNC(=O)c1cc(Br)cc(Cl)c1O. The van der Waals surface area contributed by atoms with Crippen LogP contribution < -0.4 is 5.32 Å². The molecule has 0 radical (unpaired) electrons. The zero-order valence-electron chi connectivity index (χ0n) is 10.5. The van der Waals surface area contributed by atoms with Crippen molar-refractivity contribution in [2.24, 2.45) is 0 Å². The minimum absolute atomic E-state index is 0.0664. The molecule has 2 amide bonds. The monoisotopic (exact) mass is 348 g/mol. The maximum absolute atomic E-state index is 11.8. The summed E-state index contributed by atoms with van der Waals surface area (Å²) >= 11 is 8.96. The first-order valence-electron chi connectivity index (χ1n) is 5.49. The minimum Gasteiger partial charge on any atom is -0.506 e. The molecule has 1 aromatic rings. The Bertz CT molecular complexity index is 506. The van der Waals surface area contributed by atoms with Crippen molar-refractivity contribution in [3.63, 3.8) is 0 Å². The molecule has 1 rings (SSSR count). The van der Waals surface area contributed by atoms with Crippen molar-refractivity contribution in [2.75, 3.05) is 20.6 Å². The molecule has 0 aromatic heterocycles. The van der Waals surface area contributed by atoms with Gasteiger partial charge in [0.2, 0.25) is 5.91 Å². The van der Waals surface area contributed by atoms with Crippen molar-refractivity contribution in [1.29, 1.82) is 0 Å². The summed E-state index contributed by atoms with van der Waals surface area (Å²) in [6.07, 6.45) is 0.196. The van der Waals surface area contributed by atoms with Crippen LogP contribution in [0, 0.1) is 0 Å². The van der Waals surface area contributed by atoms with Crippen molar-refractivity contribution >= 4 is 39.3 Å². The van der Waals surface area contributed by atoms with Gasteiger partial charge in [0, 0.05) is 31.5 Å². The Morgan fingerprint density at radius 1 is 1.42 bits per heavy atom. The Balaban J connectivity index is 2.67. The van der Waals surface area contributed by atoms with E-state index in [4.69, 9.17) is 11.6 Å². The van der Waals surface area contributed by atoms with Crippen molar-refractivity contribution < 1.29 is 14.7 Å². The molecular formula is C12H14BrClN2O3. The molecule has 0 saturated heterocycles. The number of nitrogens with one attached hydrogen (secondary N) is 1. The third kappa shape index (κ3) is 4.40. The van der Waals surface area contributed by atoms with Gasteiger partial charge in [0.15, 0.2) is 0 Å². The Morgan fingerprint density at radius 3 is 2.63 bits per heavy atom. The van der Waals surface area contributed by atoms with Crippen molar-refractivity contribution in [1.82, 2.24) is 10.2 Å². The zero-order valence-corrected chi connectivity index (χ0v) is 12.9. The summed E-state index contributed by atoms with van der Waals surface area (Å²) in [7, 11) is 3.29. The van der Waals surface area contributed by atoms with Gasteiger partial charge in [0.05, 0.1) is 10.6 Å². The number of aromatic hydroxyl groups is 1. The summed E-state index contributed by atoms with van der Waals surface area (Å²) in [6, 6.07) is 2.95. The molecule has 0 fully saturated rings. The first-order chi connectivity index (χ1) is 8.82. The maximum atomic E-state index is 11.8. The highest BCUT2D eigenvalue weighted by Crippen LogP contribution is 2.31. The lowest BCUT2D eigenvalue weighted by atomic mass is 10.2. The van der Waals surface area contributed by atoms with E-state index >= 15 is 0 Å². The number of phenols is 1. The lowest BCUT2D eigenvalue weighted by molar-refractivity contribution is -0.128. The van der Waals surface area contributed by atoms with Gasteiger partial charge in [-0.15, -0.1) is 0 Å². The Morgan fingerprint density at radius 2 is 2.05 bits per heavy atom. The number of amides is 2. The van der Waals surface area contributed by atoms with Gasteiger partial charge in [0.1, 0.15) is 5.75 Å². The number of hydrogen-bond acceptors (Lipinski definition) is 3. The van der Waals surface area contributed by atoms with E-state index in [1.54, 1.807) is 14.1 Å². The molecular weight excluding hydrogens is 336 g/mol. The average molecular weight is 350 g/mol. The number of hydrogen-bond donors (Lipinski definition) is 2. The molecule has 0 aliphatic rings. The largest absolute Gasteiger partial charge is 0.506 e. The van der Waals surface area contributed by atoms with E-state index < -0.39 is 5.91 Å². The first-order valence-corrected chi connectivity index (χ1v) is 6.66. The highest BCUT2D eigenvalue weighted by molar-refractivity contribution is 9.10. The van der Waals surface area contributed by atoms with Crippen molar-refractivity contribution in [3.8, 4) is 5.75 Å². The number of carbonyl (C=O) groups is 2. The van der Waals surface area contributed by atoms with E-state index in [-0.39, 0.29) is 35.2 Å². The van der Waals surface area contributed by atoms with Crippen LogP contribution in [0.5, 0.6) is 5.75 Å². The second-order valence-corrected chi connectivity index (χ2v) is 5.40. The minimum atomic E-state index is -0.479. The van der Waals surface area contributed by atoms with E-state index in [1.807, 2.05) is 0 Å². The van der Waals surface area contributed by atoms with Crippen LogP contribution in [0.1, 0.15) is 16.8 Å². The van der Waals surface area contributed by atoms with Gasteiger partial charge < -0.3 is 15.3 Å². The second kappa shape index (κ2) is 6.77. The molecule has 104 valence electrons. The first kappa shape index (κ1) is 15.8. The van der Waals surface area contributed by atoms with Crippen LogP contribution in [0.3, 0.4) is 0 Å². The van der Waals surface area contributed by atoms with Crippen molar-refractivity contribution in [3.05, 3.63) is 27.2 Å². The van der Waals surface area contributed by atoms with Crippen molar-refractivity contribution in [2.45, 2.75) is 6.42 Å². The van der Waals surface area contributed by atoms with Gasteiger partial charge in [-0.2, -0.15) is 0 Å². The average Bonchev–Trinajstić information content (AvgIpc) is 2.33. The van der Waals surface area contributed by atoms with Crippen LogP contribution in [0.25, 0.3) is 0 Å². The Labute approximate surface area is 124 Å². The Hall–Kier alpha value is -1.27. The van der Waals surface area contributed by atoms with Crippen LogP contribution in [0.2, 0.25) is 5.02 Å². The van der Waals surface area contributed by atoms with E-state index in [1.165, 1.54) is 17.0 Å². The van der Waals surface area contributed by atoms with Crippen LogP contribution in [-0.2, 0) is 4.79 Å². The zero-order chi connectivity index (χ0) is 14.6. The summed E-state index contributed by atoms with van der Waals surface area (Å²) in [4.78, 5) is 24.6. The van der Waals surface area contributed by atoms with Gasteiger partial charge in [0.25, 0.3) is 5.91 Å². The van der Waals surface area contributed by atoms with E-state index in [9.17, 15) is 14.7 Å². The molecule has 0 atom stereocenters. The van der Waals surface area contributed by atoms with E-state index in [2.05, 4.69) is 21.2 Å². The number of phenolic OH excluding ortho intramolecular Hbond substituents is 1. The van der Waals surface area contributed by atoms with Gasteiger partial charge in [-0.3, -0.25) is 9.59 Å². The van der Waals surface area contributed by atoms with Gasteiger partial charge in [-0.1, -0.05) is 27.5 Å². The number of carbonyl (C=O) groups excluding carboxylic acids is 2. The van der Waals surface area contributed by atoms with Crippen LogP contribution in [0.15, 0.2) is 16.6 Å². The molecule has 5 nitrogen and oxygen atoms in total. The molecule has 2 N–H and O–H groups in total. The standard InChI is InChI=1S/C12H14BrClN2O3/c1-16(2)10(17)3-4-15-12(19)8-5-7(13)6-9(14)11(8)18/h5-6,18H,3-4H2,1-2H3,(H,15,19). The number of rotatable bonds is 4. The summed E-state index contributed by atoms with van der Waals surface area (Å²) in [5, 5.41) is 12.3. The molecule has 1 aromatic carbocycles. The number of halogens is 2. The third-order valence-corrected chi connectivity index (χ3v) is 3.14. The predicted octanol–water partition coefficient (Wildman–Crippen LogP) is 2.02. The van der Waals surface area contributed by atoms with Gasteiger partial charge in [-0.25, -0.2) is 0 Å². The molecule has 19 heavy (non-hydrogen) atoms. The fourth-order valence-electron chi connectivity index (χ4n) is 1.34. The van der Waals surface area contributed by atoms with E-state index in [0.29, 0.717) is 4.47 Å². The van der Waals surface area contributed by atoms with Crippen LogP contribution >= 0.6 is 27.5 Å². The summed E-state index contributed by atoms with van der Waals surface area (Å²) < 4.78 is 0.588. The molecule has 0 aliphatic carbocycles. The molecule has 0 unspecified atom stereocenters. The summed E-state index contributed by atoms with van der Waals surface area (Å²) in [5.74, 6) is -0.842. The molecule has 0 spiro atoms. The van der Waals surface area contributed by atoms with Gasteiger partial charge in [-0.05, 0) is 12.1 Å². The third-order valence-electron chi connectivity index (χ3n) is 2.40. The fraction of sp³-hybridized carbons (Fsp3) is 0.333. The molecule has 0 saturated carbocycles. The quantitative estimate of drug-likeness (QED) is 0.874. The fourth-order valence-corrected chi connectivity index (χ4v) is 2.15. The summed E-state index contributed by atoms with van der Waals surface area (Å²) in [6.45, 7) is 0.194. The van der Waals surface area contributed by atoms with E-state index in [0.717, 1.165) is 0 Å². The number of benzene rings is 1. The normalized spacial score (nSPS) is 10.1. The van der Waals surface area contributed by atoms with Gasteiger partial charge >= 0.3 is 0 Å². The second-order valence-electron chi connectivity index (χ2n) is 4.08. The highest BCUT2D eigenvalue weighted by Gasteiger charge is 2.15. The highest BCUT2D eigenvalue weighted by atomic mass is 79.9. The lowest BCUT2D eigenvalue weighted by Crippen LogP contribution is -2.30. The summed E-state index contributed by atoms with van der Waals surface area (Å²) in [5.41, 5.74) is 0.0664. The molecule has 0 bridgehead atoms. The molecule has 0 heterocycles. The van der Waals surface area contributed by atoms with Crippen LogP contribution in [-0.4, -0.2) is 42.5 Å². The van der Waals surface area contributed by atoms with Crippen LogP contribution in [0.4, 0.5) is 0 Å². The molecule has 7 heteroatoms. The smallest absolute Gasteiger partial charge is 0.255 e. The Kier molecular flexibility index (Phi) is 5.62.